The van der Waals surface area contributed by atoms with Crippen LogP contribution in [0.3, 0.4) is 0 Å². The third kappa shape index (κ3) is 2.01. The van der Waals surface area contributed by atoms with Gasteiger partial charge in [0.25, 0.3) is 0 Å². The molecule has 3 nitrogen and oxygen atoms in total. The van der Waals surface area contributed by atoms with Crippen molar-refractivity contribution in [3.63, 3.8) is 0 Å². The van der Waals surface area contributed by atoms with Gasteiger partial charge in [0.1, 0.15) is 0 Å². The van der Waals surface area contributed by atoms with Crippen molar-refractivity contribution in [2.24, 2.45) is 0 Å². The predicted octanol–water partition coefficient (Wildman–Crippen LogP) is 2.47. The van der Waals surface area contributed by atoms with Crippen LogP contribution in [-0.2, 0) is 0 Å². The van der Waals surface area contributed by atoms with Gasteiger partial charge < -0.3 is 5.32 Å². The SMILES string of the molecule is c1nn(C2CCCNC2)cc1C1CCCC1. The summed E-state index contributed by atoms with van der Waals surface area (Å²) in [4.78, 5) is 0. The molecule has 3 rings (SSSR count). The van der Waals surface area contributed by atoms with E-state index in [9.17, 15) is 0 Å². The molecular weight excluding hydrogens is 198 g/mol. The molecule has 0 radical (unpaired) electrons. The third-order valence-electron chi connectivity index (χ3n) is 4.09. The molecule has 1 saturated heterocycles. The summed E-state index contributed by atoms with van der Waals surface area (Å²) in [6, 6.07) is 0.587. The van der Waals surface area contributed by atoms with Gasteiger partial charge in [-0.3, -0.25) is 4.68 Å². The summed E-state index contributed by atoms with van der Waals surface area (Å²) in [6.07, 6.45) is 12.5. The van der Waals surface area contributed by atoms with E-state index in [0.29, 0.717) is 6.04 Å². The van der Waals surface area contributed by atoms with Crippen molar-refractivity contribution in [2.45, 2.75) is 50.5 Å². The van der Waals surface area contributed by atoms with Gasteiger partial charge in [0.15, 0.2) is 0 Å². The Kier molecular flexibility index (Phi) is 2.96. The van der Waals surface area contributed by atoms with Crippen molar-refractivity contribution in [1.82, 2.24) is 15.1 Å². The number of nitrogens with one attached hydrogen (secondary N) is 1. The van der Waals surface area contributed by atoms with E-state index < -0.39 is 0 Å². The molecule has 1 unspecified atom stereocenters. The fourth-order valence-corrected chi connectivity index (χ4v) is 3.08. The standard InChI is InChI=1S/C13H21N3/c1-2-5-11(4-1)12-8-15-16(10-12)13-6-3-7-14-9-13/h8,10-11,13-14H,1-7,9H2. The van der Waals surface area contributed by atoms with Crippen molar-refractivity contribution < 1.29 is 0 Å². The van der Waals surface area contributed by atoms with Gasteiger partial charge in [0.05, 0.1) is 12.2 Å². The monoisotopic (exact) mass is 219 g/mol. The average molecular weight is 219 g/mol. The smallest absolute Gasteiger partial charge is 0.0644 e. The summed E-state index contributed by atoms with van der Waals surface area (Å²) in [5.41, 5.74) is 1.48. The van der Waals surface area contributed by atoms with Crippen LogP contribution < -0.4 is 5.32 Å². The fraction of sp³-hybridized carbons (Fsp3) is 0.769. The fourth-order valence-electron chi connectivity index (χ4n) is 3.08. The Balaban J connectivity index is 1.71. The molecule has 1 atom stereocenters. The molecule has 1 aromatic heterocycles. The van der Waals surface area contributed by atoms with Crippen LogP contribution in [0.15, 0.2) is 12.4 Å². The number of aromatic nitrogens is 2. The summed E-state index contributed by atoms with van der Waals surface area (Å²) in [6.45, 7) is 2.26. The summed E-state index contributed by atoms with van der Waals surface area (Å²) < 4.78 is 2.19. The Morgan fingerprint density at radius 2 is 2.06 bits per heavy atom. The molecule has 0 amide bonds. The van der Waals surface area contributed by atoms with Crippen LogP contribution in [0.1, 0.15) is 56.0 Å². The molecule has 2 fully saturated rings. The van der Waals surface area contributed by atoms with Gasteiger partial charge in [-0.05, 0) is 43.7 Å². The molecule has 2 aliphatic rings. The molecule has 0 bridgehead atoms. The van der Waals surface area contributed by atoms with Gasteiger partial charge in [-0.1, -0.05) is 12.8 Å². The van der Waals surface area contributed by atoms with E-state index in [1.54, 1.807) is 0 Å². The largest absolute Gasteiger partial charge is 0.315 e. The number of nitrogens with zero attached hydrogens (tertiary/aromatic N) is 2. The Morgan fingerprint density at radius 1 is 1.19 bits per heavy atom. The van der Waals surface area contributed by atoms with Crippen molar-refractivity contribution in [2.75, 3.05) is 13.1 Å². The van der Waals surface area contributed by atoms with Crippen LogP contribution in [0.4, 0.5) is 0 Å². The van der Waals surface area contributed by atoms with E-state index in [1.807, 2.05) is 0 Å². The maximum absolute atomic E-state index is 4.56. The van der Waals surface area contributed by atoms with Crippen LogP contribution in [-0.4, -0.2) is 22.9 Å². The second-order valence-corrected chi connectivity index (χ2v) is 5.24. The van der Waals surface area contributed by atoms with Crippen molar-refractivity contribution in [3.8, 4) is 0 Å². The Bertz CT molecular complexity index is 333. The minimum absolute atomic E-state index is 0.587. The van der Waals surface area contributed by atoms with E-state index in [-0.39, 0.29) is 0 Å². The highest BCUT2D eigenvalue weighted by Gasteiger charge is 2.21. The molecule has 1 N–H and O–H groups in total. The molecule has 0 aromatic carbocycles. The number of piperidine rings is 1. The minimum atomic E-state index is 0.587. The van der Waals surface area contributed by atoms with Crippen LogP contribution >= 0.6 is 0 Å². The predicted molar refractivity (Wildman–Crippen MR) is 64.6 cm³/mol. The summed E-state index contributed by atoms with van der Waals surface area (Å²) >= 11 is 0. The summed E-state index contributed by atoms with van der Waals surface area (Å²) in [5, 5.41) is 8.01. The molecule has 16 heavy (non-hydrogen) atoms. The first-order valence-electron chi connectivity index (χ1n) is 6.68. The number of hydrogen-bond acceptors (Lipinski definition) is 2. The maximum atomic E-state index is 4.56. The van der Waals surface area contributed by atoms with E-state index in [2.05, 4.69) is 27.5 Å². The Hall–Kier alpha value is -0.830. The molecule has 88 valence electrons. The van der Waals surface area contributed by atoms with Crippen LogP contribution in [0.5, 0.6) is 0 Å². The van der Waals surface area contributed by atoms with E-state index in [4.69, 9.17) is 0 Å². The highest BCUT2D eigenvalue weighted by molar-refractivity contribution is 5.13. The van der Waals surface area contributed by atoms with Crippen molar-refractivity contribution in [3.05, 3.63) is 18.0 Å². The van der Waals surface area contributed by atoms with Crippen LogP contribution in [0.25, 0.3) is 0 Å². The first kappa shape index (κ1) is 10.3. The molecule has 1 saturated carbocycles. The molecule has 0 spiro atoms. The molecule has 1 aliphatic heterocycles. The van der Waals surface area contributed by atoms with Crippen molar-refractivity contribution >= 4 is 0 Å². The van der Waals surface area contributed by atoms with Gasteiger partial charge in [-0.15, -0.1) is 0 Å². The summed E-state index contributed by atoms with van der Waals surface area (Å²) in [5.74, 6) is 0.797. The lowest BCUT2D eigenvalue weighted by Crippen LogP contribution is -2.31. The molecule has 1 aromatic rings. The first-order valence-corrected chi connectivity index (χ1v) is 6.68. The molecule has 2 heterocycles. The highest BCUT2D eigenvalue weighted by atomic mass is 15.3. The quantitative estimate of drug-likeness (QED) is 0.828. The van der Waals surface area contributed by atoms with E-state index in [1.165, 1.54) is 50.6 Å². The Labute approximate surface area is 97.2 Å². The maximum Gasteiger partial charge on any atom is 0.0644 e. The molecule has 1 aliphatic carbocycles. The zero-order valence-electron chi connectivity index (χ0n) is 9.86. The van der Waals surface area contributed by atoms with E-state index in [0.717, 1.165) is 12.5 Å². The normalized spacial score (nSPS) is 27.4. The minimum Gasteiger partial charge on any atom is -0.315 e. The molecular formula is C13H21N3. The average Bonchev–Trinajstić information content (AvgIpc) is 3.01. The van der Waals surface area contributed by atoms with Gasteiger partial charge in [0.2, 0.25) is 0 Å². The lowest BCUT2D eigenvalue weighted by Gasteiger charge is -2.23. The zero-order valence-corrected chi connectivity index (χ0v) is 9.86. The first-order chi connectivity index (χ1) is 7.93. The second kappa shape index (κ2) is 4.58. The molecule has 3 heteroatoms. The van der Waals surface area contributed by atoms with Crippen LogP contribution in [0.2, 0.25) is 0 Å². The number of hydrogen-bond donors (Lipinski definition) is 1. The second-order valence-electron chi connectivity index (χ2n) is 5.24. The highest BCUT2D eigenvalue weighted by Crippen LogP contribution is 2.34. The zero-order chi connectivity index (χ0) is 10.8. The van der Waals surface area contributed by atoms with Gasteiger partial charge >= 0.3 is 0 Å². The van der Waals surface area contributed by atoms with Gasteiger partial charge in [-0.25, -0.2) is 0 Å². The lowest BCUT2D eigenvalue weighted by atomic mass is 10.0. The van der Waals surface area contributed by atoms with Gasteiger partial charge in [0, 0.05) is 12.7 Å². The van der Waals surface area contributed by atoms with Crippen LogP contribution in [0, 0.1) is 0 Å². The lowest BCUT2D eigenvalue weighted by molar-refractivity contribution is 0.346. The summed E-state index contributed by atoms with van der Waals surface area (Å²) in [7, 11) is 0. The van der Waals surface area contributed by atoms with Gasteiger partial charge in [-0.2, -0.15) is 5.10 Å². The third-order valence-corrected chi connectivity index (χ3v) is 4.09. The van der Waals surface area contributed by atoms with E-state index >= 15 is 0 Å². The topological polar surface area (TPSA) is 29.9 Å². The Morgan fingerprint density at radius 3 is 2.81 bits per heavy atom. The van der Waals surface area contributed by atoms with Crippen molar-refractivity contribution in [1.29, 1.82) is 0 Å². The number of rotatable bonds is 2.